The van der Waals surface area contributed by atoms with Gasteiger partial charge in [0, 0.05) is 45.3 Å². The number of hydrogen-bond acceptors (Lipinski definition) is 6. The highest BCUT2D eigenvalue weighted by atomic mass is 16.2. The van der Waals surface area contributed by atoms with E-state index in [2.05, 4.69) is 26.2 Å². The molecule has 1 fully saturated rings. The minimum atomic E-state index is -0.272. The number of carbonyl (C=O) groups is 1. The van der Waals surface area contributed by atoms with Crippen LogP contribution in [0.3, 0.4) is 0 Å². The molecule has 1 amide bonds. The lowest BCUT2D eigenvalue weighted by molar-refractivity contribution is 0.0639. The smallest absolute Gasteiger partial charge is 0.276 e. The zero-order valence-corrected chi connectivity index (χ0v) is 15.5. The van der Waals surface area contributed by atoms with E-state index in [1.807, 2.05) is 0 Å². The van der Waals surface area contributed by atoms with Gasteiger partial charge in [-0.2, -0.15) is 10.4 Å². The van der Waals surface area contributed by atoms with Crippen LogP contribution in [0.1, 0.15) is 22.5 Å². The molecule has 4 heterocycles. The Morgan fingerprint density at radius 2 is 2.11 bits per heavy atom. The largest absolute Gasteiger partial charge is 0.336 e. The molecule has 10 heteroatoms. The number of rotatable bonds is 4. The zero-order chi connectivity index (χ0) is 19.7. The molecule has 0 radical (unpaired) electrons. The number of carbonyl (C=O) groups excluding carboxylic acids is 1. The van der Waals surface area contributed by atoms with Crippen LogP contribution in [0.25, 0.3) is 11.5 Å². The summed E-state index contributed by atoms with van der Waals surface area (Å²) in [7, 11) is 0. The van der Waals surface area contributed by atoms with Gasteiger partial charge in [0.1, 0.15) is 5.52 Å². The molecule has 144 valence electrons. The van der Waals surface area contributed by atoms with E-state index in [-0.39, 0.29) is 17.4 Å². The Kier molecular flexibility index (Phi) is 4.67. The third-order valence-corrected chi connectivity index (χ3v) is 5.03. The fourth-order valence-electron chi connectivity index (χ4n) is 3.41. The molecule has 0 bridgehead atoms. The molecule has 1 aliphatic rings. The van der Waals surface area contributed by atoms with E-state index >= 15 is 0 Å². The average Bonchev–Trinajstić information content (AvgIpc) is 3.33. The fourth-order valence-corrected chi connectivity index (χ4v) is 3.41. The molecular weight excluding hydrogens is 360 g/mol. The minimum absolute atomic E-state index is 0.0897. The van der Waals surface area contributed by atoms with Crippen LogP contribution in [0.2, 0.25) is 0 Å². The Morgan fingerprint density at radius 1 is 1.32 bits per heavy atom. The van der Waals surface area contributed by atoms with E-state index < -0.39 is 0 Å². The molecule has 0 unspecified atom stereocenters. The molecule has 0 atom stereocenters. The highest BCUT2D eigenvalue weighted by Crippen LogP contribution is 2.15. The maximum Gasteiger partial charge on any atom is 0.276 e. The Morgan fingerprint density at radius 3 is 2.86 bits per heavy atom. The molecule has 1 aliphatic heterocycles. The number of aromatic amines is 1. The van der Waals surface area contributed by atoms with E-state index in [0.717, 1.165) is 19.6 Å². The van der Waals surface area contributed by atoms with Crippen molar-refractivity contribution >= 4 is 11.4 Å². The number of hydrogen-bond donors (Lipinski definition) is 1. The quantitative estimate of drug-likeness (QED) is 0.691. The summed E-state index contributed by atoms with van der Waals surface area (Å²) in [6.45, 7) is 5.23. The minimum Gasteiger partial charge on any atom is -0.336 e. The van der Waals surface area contributed by atoms with Crippen LogP contribution in [0.5, 0.6) is 0 Å². The van der Waals surface area contributed by atoms with Gasteiger partial charge in [-0.15, -0.1) is 5.10 Å². The number of nitriles is 1. The molecular formula is C18H20N8O2. The summed E-state index contributed by atoms with van der Waals surface area (Å²) in [4.78, 5) is 31.8. The van der Waals surface area contributed by atoms with Crippen LogP contribution in [0, 0.1) is 18.3 Å². The number of amides is 1. The Balaban J connectivity index is 1.54. The monoisotopic (exact) mass is 380 g/mol. The number of fused-ring (bicyclic) bond motifs is 1. The number of nitrogens with zero attached hydrogens (tertiary/aromatic N) is 7. The molecule has 0 spiro atoms. The van der Waals surface area contributed by atoms with Gasteiger partial charge in [-0.25, -0.2) is 9.20 Å². The second-order valence-electron chi connectivity index (χ2n) is 6.71. The van der Waals surface area contributed by atoms with Crippen molar-refractivity contribution in [3.8, 4) is 12.0 Å². The third-order valence-electron chi connectivity index (χ3n) is 5.03. The third kappa shape index (κ3) is 3.16. The van der Waals surface area contributed by atoms with Crippen LogP contribution in [0.15, 0.2) is 29.3 Å². The van der Waals surface area contributed by atoms with Crippen molar-refractivity contribution in [1.82, 2.24) is 34.2 Å². The van der Waals surface area contributed by atoms with Crippen molar-refractivity contribution in [1.29, 1.82) is 5.26 Å². The molecule has 0 saturated carbocycles. The van der Waals surface area contributed by atoms with E-state index in [0.29, 0.717) is 36.3 Å². The number of nitrogens with one attached hydrogen (secondary N) is 1. The normalized spacial score (nSPS) is 15.1. The summed E-state index contributed by atoms with van der Waals surface area (Å²) in [6.07, 6.45) is 3.70. The van der Waals surface area contributed by atoms with Gasteiger partial charge in [0.15, 0.2) is 0 Å². The SMILES string of the molecule is Cc1c(C(=O)N2CCN(CCC#N)CC2)cnn1-c1nn2cccc2c(=O)[nH]1. The topological polar surface area (TPSA) is 115 Å². The van der Waals surface area contributed by atoms with Crippen molar-refractivity contribution in [2.75, 3.05) is 32.7 Å². The predicted molar refractivity (Wildman–Crippen MR) is 100 cm³/mol. The van der Waals surface area contributed by atoms with Gasteiger partial charge in [0.2, 0.25) is 5.95 Å². The number of H-pyrrole nitrogens is 1. The predicted octanol–water partition coefficient (Wildman–Crippen LogP) is 0.188. The van der Waals surface area contributed by atoms with Crippen LogP contribution in [0.4, 0.5) is 0 Å². The molecule has 0 aromatic carbocycles. The average molecular weight is 380 g/mol. The van der Waals surface area contributed by atoms with Gasteiger partial charge >= 0.3 is 0 Å². The van der Waals surface area contributed by atoms with Gasteiger partial charge in [-0.05, 0) is 19.1 Å². The molecule has 3 aromatic heterocycles. The van der Waals surface area contributed by atoms with Crippen LogP contribution >= 0.6 is 0 Å². The summed E-state index contributed by atoms with van der Waals surface area (Å²) in [6, 6.07) is 5.56. The second-order valence-corrected chi connectivity index (χ2v) is 6.71. The summed E-state index contributed by atoms with van der Waals surface area (Å²) in [5.41, 5.74) is 1.28. The summed E-state index contributed by atoms with van der Waals surface area (Å²) >= 11 is 0. The van der Waals surface area contributed by atoms with E-state index in [1.165, 1.54) is 15.4 Å². The Bertz CT molecular complexity index is 1110. The van der Waals surface area contributed by atoms with Gasteiger partial charge in [-0.3, -0.25) is 19.5 Å². The lowest BCUT2D eigenvalue weighted by Gasteiger charge is -2.34. The van der Waals surface area contributed by atoms with E-state index in [9.17, 15) is 9.59 Å². The Hall–Kier alpha value is -3.45. The Labute approximate surface area is 160 Å². The molecule has 0 aliphatic carbocycles. The molecule has 28 heavy (non-hydrogen) atoms. The maximum absolute atomic E-state index is 12.9. The van der Waals surface area contributed by atoms with E-state index in [4.69, 9.17) is 5.26 Å². The molecule has 10 nitrogen and oxygen atoms in total. The van der Waals surface area contributed by atoms with Crippen molar-refractivity contribution in [2.24, 2.45) is 0 Å². The van der Waals surface area contributed by atoms with Gasteiger partial charge < -0.3 is 4.90 Å². The summed E-state index contributed by atoms with van der Waals surface area (Å²) < 4.78 is 2.95. The molecule has 3 aromatic rings. The van der Waals surface area contributed by atoms with Crippen LogP contribution < -0.4 is 5.56 Å². The molecule has 1 N–H and O–H groups in total. The van der Waals surface area contributed by atoms with Gasteiger partial charge in [0.05, 0.1) is 23.5 Å². The van der Waals surface area contributed by atoms with Crippen molar-refractivity contribution in [2.45, 2.75) is 13.3 Å². The van der Waals surface area contributed by atoms with Crippen molar-refractivity contribution < 1.29 is 4.79 Å². The standard InChI is InChI=1S/C18H20N8O2/c1-13-14(17(28)24-10-8-23(9-11-24)6-3-5-19)12-20-26(13)18-21-16(27)15-4-2-7-25(15)22-18/h2,4,7,12H,3,6,8-11H2,1H3,(H,21,22,27). The first-order valence-corrected chi connectivity index (χ1v) is 9.09. The first-order valence-electron chi connectivity index (χ1n) is 9.09. The maximum atomic E-state index is 12.9. The fraction of sp³-hybridized carbons (Fsp3) is 0.389. The lowest BCUT2D eigenvalue weighted by Crippen LogP contribution is -2.48. The lowest BCUT2D eigenvalue weighted by atomic mass is 10.2. The van der Waals surface area contributed by atoms with Crippen molar-refractivity contribution in [3.63, 3.8) is 0 Å². The zero-order valence-electron chi connectivity index (χ0n) is 15.5. The summed E-state index contributed by atoms with van der Waals surface area (Å²) in [5.74, 6) is 0.166. The number of piperazine rings is 1. The van der Waals surface area contributed by atoms with Crippen LogP contribution in [-0.4, -0.2) is 72.8 Å². The first kappa shape index (κ1) is 17.9. The second kappa shape index (κ2) is 7.28. The highest BCUT2D eigenvalue weighted by molar-refractivity contribution is 5.95. The van der Waals surface area contributed by atoms with Crippen LogP contribution in [-0.2, 0) is 0 Å². The molecule has 4 rings (SSSR count). The van der Waals surface area contributed by atoms with Gasteiger partial charge in [0.25, 0.3) is 11.5 Å². The number of aromatic nitrogens is 5. The first-order chi connectivity index (χ1) is 13.6. The van der Waals surface area contributed by atoms with E-state index in [1.54, 1.807) is 30.2 Å². The summed E-state index contributed by atoms with van der Waals surface area (Å²) in [5, 5.41) is 17.3. The molecule has 1 saturated heterocycles. The van der Waals surface area contributed by atoms with Gasteiger partial charge in [-0.1, -0.05) is 0 Å². The van der Waals surface area contributed by atoms with Crippen molar-refractivity contribution in [3.05, 3.63) is 46.1 Å². The highest BCUT2D eigenvalue weighted by Gasteiger charge is 2.25.